The molecule has 4 nitrogen and oxygen atoms in total. The van der Waals surface area contributed by atoms with Gasteiger partial charge in [0, 0.05) is 17.6 Å². The standard InChI is InChI=1S/C14H20BClNO3/c1-9(18)17-12-8-10(16)6-7-11(12)15-20-14(4,5)13(2,3)19/h6-8,19H,1-5H3,(H,17,18). The largest absolute Gasteiger partial charge is 0.427 e. The highest BCUT2D eigenvalue weighted by Gasteiger charge is 2.35. The fraction of sp³-hybridized carbons (Fsp3) is 0.500. The first-order chi connectivity index (χ1) is 9.03. The van der Waals surface area contributed by atoms with Gasteiger partial charge in [0.25, 0.3) is 0 Å². The molecule has 0 aliphatic heterocycles. The smallest absolute Gasteiger partial charge is 0.333 e. The topological polar surface area (TPSA) is 58.6 Å². The van der Waals surface area contributed by atoms with Gasteiger partial charge in [-0.1, -0.05) is 17.7 Å². The van der Waals surface area contributed by atoms with E-state index in [1.165, 1.54) is 14.4 Å². The maximum Gasteiger partial charge on any atom is 0.333 e. The molecule has 0 aromatic heterocycles. The summed E-state index contributed by atoms with van der Waals surface area (Å²) < 4.78 is 5.67. The number of benzene rings is 1. The maximum absolute atomic E-state index is 11.2. The Bertz CT molecular complexity index is 498. The van der Waals surface area contributed by atoms with E-state index in [0.29, 0.717) is 16.2 Å². The summed E-state index contributed by atoms with van der Waals surface area (Å²) in [5, 5.41) is 13.3. The lowest BCUT2D eigenvalue weighted by molar-refractivity contribution is -0.114. The van der Waals surface area contributed by atoms with Crippen LogP contribution in [-0.2, 0) is 9.45 Å². The third-order valence-corrected chi connectivity index (χ3v) is 3.52. The lowest BCUT2D eigenvalue weighted by atomic mass is 9.81. The second-order valence-corrected chi connectivity index (χ2v) is 6.15. The van der Waals surface area contributed by atoms with Crippen molar-refractivity contribution >= 4 is 36.1 Å². The molecule has 0 heterocycles. The van der Waals surface area contributed by atoms with Gasteiger partial charge < -0.3 is 15.1 Å². The van der Waals surface area contributed by atoms with Crippen molar-refractivity contribution < 1.29 is 14.6 Å². The normalized spacial score (nSPS) is 12.2. The van der Waals surface area contributed by atoms with Gasteiger partial charge in [0.1, 0.15) is 0 Å². The zero-order valence-electron chi connectivity index (χ0n) is 12.5. The van der Waals surface area contributed by atoms with E-state index in [9.17, 15) is 9.90 Å². The van der Waals surface area contributed by atoms with Crippen LogP contribution in [-0.4, -0.2) is 29.7 Å². The van der Waals surface area contributed by atoms with Crippen molar-refractivity contribution in [2.75, 3.05) is 5.32 Å². The minimum Gasteiger partial charge on any atom is -0.427 e. The summed E-state index contributed by atoms with van der Waals surface area (Å²) >= 11 is 5.92. The molecule has 0 unspecified atom stereocenters. The molecule has 0 spiro atoms. The third-order valence-electron chi connectivity index (χ3n) is 3.28. The van der Waals surface area contributed by atoms with Crippen molar-refractivity contribution in [1.29, 1.82) is 0 Å². The lowest BCUT2D eigenvalue weighted by Crippen LogP contribution is -2.49. The number of aliphatic hydroxyl groups is 1. The van der Waals surface area contributed by atoms with Gasteiger partial charge in [-0.3, -0.25) is 4.79 Å². The first-order valence-electron chi connectivity index (χ1n) is 6.33. The van der Waals surface area contributed by atoms with Crippen LogP contribution in [0.3, 0.4) is 0 Å². The van der Waals surface area contributed by atoms with Crippen molar-refractivity contribution in [3.8, 4) is 0 Å². The SMILES string of the molecule is CC(=O)Nc1cc(Cl)ccc1[B]OC(C)(C)C(C)(C)O. The van der Waals surface area contributed by atoms with E-state index in [4.69, 9.17) is 16.3 Å². The van der Waals surface area contributed by atoms with E-state index in [-0.39, 0.29) is 5.91 Å². The molecule has 0 aliphatic carbocycles. The molecule has 0 saturated heterocycles. The predicted octanol–water partition coefficient (Wildman–Crippen LogP) is 2.11. The number of nitrogens with one attached hydrogen (secondary N) is 1. The number of halogens is 1. The predicted molar refractivity (Wildman–Crippen MR) is 82.6 cm³/mol. The fourth-order valence-electron chi connectivity index (χ4n) is 1.28. The van der Waals surface area contributed by atoms with Crippen LogP contribution < -0.4 is 10.8 Å². The quantitative estimate of drug-likeness (QED) is 0.818. The van der Waals surface area contributed by atoms with Crippen LogP contribution in [0, 0.1) is 0 Å². The van der Waals surface area contributed by atoms with Gasteiger partial charge >= 0.3 is 7.48 Å². The number of hydrogen-bond donors (Lipinski definition) is 2. The van der Waals surface area contributed by atoms with E-state index in [1.54, 1.807) is 45.9 Å². The molecule has 6 heteroatoms. The Morgan fingerprint density at radius 2 is 1.95 bits per heavy atom. The minimum atomic E-state index is -1.01. The van der Waals surface area contributed by atoms with Crippen molar-refractivity contribution in [3.63, 3.8) is 0 Å². The van der Waals surface area contributed by atoms with Gasteiger partial charge in [-0.05, 0) is 45.3 Å². The number of carbonyl (C=O) groups excluding carboxylic acids is 1. The zero-order valence-corrected chi connectivity index (χ0v) is 13.2. The summed E-state index contributed by atoms with van der Waals surface area (Å²) in [6, 6.07) is 5.10. The van der Waals surface area contributed by atoms with Crippen molar-refractivity contribution in [2.45, 2.75) is 45.8 Å². The van der Waals surface area contributed by atoms with Gasteiger partial charge in [-0.2, -0.15) is 0 Å². The van der Waals surface area contributed by atoms with Gasteiger partial charge in [0.15, 0.2) is 0 Å². The molecule has 2 N–H and O–H groups in total. The summed E-state index contributed by atoms with van der Waals surface area (Å²) in [4.78, 5) is 11.2. The number of carbonyl (C=O) groups is 1. The Kier molecular flexibility index (Phi) is 5.24. The van der Waals surface area contributed by atoms with Crippen molar-refractivity contribution in [2.24, 2.45) is 0 Å². The summed E-state index contributed by atoms with van der Waals surface area (Å²) in [5.74, 6) is -0.191. The Labute approximate surface area is 125 Å². The average molecular weight is 297 g/mol. The van der Waals surface area contributed by atoms with Gasteiger partial charge in [0.05, 0.1) is 11.2 Å². The molecular weight excluding hydrogens is 276 g/mol. The molecule has 1 rings (SSSR count). The number of rotatable bonds is 5. The van der Waals surface area contributed by atoms with E-state index < -0.39 is 11.2 Å². The minimum absolute atomic E-state index is 0.191. The van der Waals surface area contributed by atoms with Crippen LogP contribution in [0.15, 0.2) is 18.2 Å². The molecule has 1 radical (unpaired) electrons. The molecule has 1 amide bonds. The molecule has 20 heavy (non-hydrogen) atoms. The van der Waals surface area contributed by atoms with Crippen LogP contribution in [0.25, 0.3) is 0 Å². The van der Waals surface area contributed by atoms with Crippen LogP contribution in [0.1, 0.15) is 34.6 Å². The Balaban J connectivity index is 2.90. The molecule has 0 bridgehead atoms. The van der Waals surface area contributed by atoms with E-state index >= 15 is 0 Å². The Hall–Kier alpha value is -1.04. The number of hydrogen-bond acceptors (Lipinski definition) is 3. The third kappa shape index (κ3) is 4.51. The first kappa shape index (κ1) is 17.0. The molecule has 0 aliphatic rings. The van der Waals surface area contributed by atoms with Gasteiger partial charge in [-0.25, -0.2) is 0 Å². The molecule has 1 aromatic carbocycles. The summed E-state index contributed by atoms with van der Waals surface area (Å²) in [7, 11) is 1.51. The van der Waals surface area contributed by atoms with Gasteiger partial charge in [0.2, 0.25) is 5.91 Å². The number of anilines is 1. The summed E-state index contributed by atoms with van der Waals surface area (Å²) in [6.07, 6.45) is 0. The van der Waals surface area contributed by atoms with Crippen molar-refractivity contribution in [1.82, 2.24) is 0 Å². The Morgan fingerprint density at radius 1 is 1.35 bits per heavy atom. The van der Waals surface area contributed by atoms with Gasteiger partial charge in [-0.15, -0.1) is 0 Å². The van der Waals surface area contributed by atoms with Crippen LogP contribution in [0.2, 0.25) is 5.02 Å². The molecule has 0 saturated carbocycles. The molecule has 0 atom stereocenters. The highest BCUT2D eigenvalue weighted by Crippen LogP contribution is 2.24. The van der Waals surface area contributed by atoms with E-state index in [2.05, 4.69) is 5.32 Å². The first-order valence-corrected chi connectivity index (χ1v) is 6.71. The van der Waals surface area contributed by atoms with E-state index in [0.717, 1.165) is 0 Å². The second-order valence-electron chi connectivity index (χ2n) is 5.72. The van der Waals surface area contributed by atoms with E-state index in [1.807, 2.05) is 0 Å². The monoisotopic (exact) mass is 296 g/mol. The maximum atomic E-state index is 11.2. The Morgan fingerprint density at radius 3 is 2.45 bits per heavy atom. The lowest BCUT2D eigenvalue weighted by Gasteiger charge is -2.37. The zero-order chi connectivity index (χ0) is 15.6. The van der Waals surface area contributed by atoms with Crippen LogP contribution in [0.4, 0.5) is 5.69 Å². The summed E-state index contributed by atoms with van der Waals surface area (Å²) in [5.41, 5.74) is -0.539. The van der Waals surface area contributed by atoms with Crippen LogP contribution in [0.5, 0.6) is 0 Å². The highest BCUT2D eigenvalue weighted by atomic mass is 35.5. The highest BCUT2D eigenvalue weighted by molar-refractivity contribution is 6.50. The fourth-order valence-corrected chi connectivity index (χ4v) is 1.46. The summed E-state index contributed by atoms with van der Waals surface area (Å²) in [6.45, 7) is 8.36. The number of amides is 1. The van der Waals surface area contributed by atoms with Crippen molar-refractivity contribution in [3.05, 3.63) is 23.2 Å². The molecule has 0 fully saturated rings. The molecule has 109 valence electrons. The average Bonchev–Trinajstić information content (AvgIpc) is 2.25. The molecule has 1 aromatic rings. The van der Waals surface area contributed by atoms with Crippen LogP contribution >= 0.6 is 11.6 Å². The molecular formula is C14H20BClNO3. The second kappa shape index (κ2) is 6.16.